The Kier molecular flexibility index (Phi) is 6.82. The van der Waals surface area contributed by atoms with Gasteiger partial charge in [-0.25, -0.2) is 4.98 Å². The molecule has 19 heavy (non-hydrogen) atoms. The zero-order valence-electron chi connectivity index (χ0n) is 12.0. The van der Waals surface area contributed by atoms with Gasteiger partial charge in [0.1, 0.15) is 9.88 Å². The molecule has 0 aliphatic rings. The summed E-state index contributed by atoms with van der Waals surface area (Å²) in [4.78, 5) is 16.5. The second-order valence-electron chi connectivity index (χ2n) is 4.52. The van der Waals surface area contributed by atoms with Gasteiger partial charge in [-0.15, -0.1) is 11.3 Å². The number of carbonyl (C=O) groups is 1. The number of rotatable bonds is 8. The highest BCUT2D eigenvalue weighted by molar-refractivity contribution is 8.01. The lowest BCUT2D eigenvalue weighted by Crippen LogP contribution is -2.52. The molecule has 0 spiro atoms. The van der Waals surface area contributed by atoms with Gasteiger partial charge in [0.2, 0.25) is 0 Å². The second kappa shape index (κ2) is 7.87. The normalized spacial score (nSPS) is 14.1. The van der Waals surface area contributed by atoms with Crippen LogP contribution in [0.2, 0.25) is 0 Å². The maximum Gasteiger partial charge on any atom is 0.326 e. The fraction of sp³-hybridized carbons (Fsp3) is 0.692. The maximum atomic E-state index is 12.1. The smallest absolute Gasteiger partial charge is 0.326 e. The largest absolute Gasteiger partial charge is 0.465 e. The molecular formula is C13H22N2O2S2. The molecule has 1 unspecified atom stereocenters. The topological polar surface area (TPSA) is 51.2 Å². The summed E-state index contributed by atoms with van der Waals surface area (Å²) >= 11 is 3.21. The molecule has 1 aromatic heterocycles. The first-order chi connectivity index (χ1) is 9.01. The molecule has 0 saturated heterocycles. The molecule has 1 aromatic rings. The highest BCUT2D eigenvalue weighted by Gasteiger charge is 2.34. The number of thiazole rings is 1. The van der Waals surface area contributed by atoms with Gasteiger partial charge < -0.3 is 10.1 Å². The molecule has 1 rings (SSSR count). The van der Waals surface area contributed by atoms with E-state index in [9.17, 15) is 4.79 Å². The first-order valence-electron chi connectivity index (χ1n) is 6.49. The number of thioether (sulfide) groups is 1. The van der Waals surface area contributed by atoms with Crippen molar-refractivity contribution in [2.45, 2.75) is 44.0 Å². The van der Waals surface area contributed by atoms with Crippen molar-refractivity contribution in [2.75, 3.05) is 18.9 Å². The standard InChI is InChI=1S/C13H22N2O2S2/c1-5-7-14-13(4,11(16)17-6-2)9-19-12-15-10(3)8-18-12/h8,14H,5-7,9H2,1-4H3. The van der Waals surface area contributed by atoms with E-state index >= 15 is 0 Å². The first kappa shape index (κ1) is 16.5. The molecule has 4 nitrogen and oxygen atoms in total. The van der Waals surface area contributed by atoms with Gasteiger partial charge in [0.25, 0.3) is 0 Å². The van der Waals surface area contributed by atoms with Crippen molar-refractivity contribution in [1.82, 2.24) is 10.3 Å². The molecular weight excluding hydrogens is 280 g/mol. The Morgan fingerprint density at radius 1 is 1.58 bits per heavy atom. The Morgan fingerprint density at radius 2 is 2.32 bits per heavy atom. The summed E-state index contributed by atoms with van der Waals surface area (Å²) in [7, 11) is 0. The molecule has 0 aliphatic heterocycles. The van der Waals surface area contributed by atoms with Crippen LogP contribution in [0.4, 0.5) is 0 Å². The highest BCUT2D eigenvalue weighted by Crippen LogP contribution is 2.26. The molecule has 0 aromatic carbocycles. The Hall–Kier alpha value is -0.590. The van der Waals surface area contributed by atoms with E-state index in [-0.39, 0.29) is 5.97 Å². The molecule has 0 amide bonds. The second-order valence-corrected chi connectivity index (χ2v) is 6.60. The van der Waals surface area contributed by atoms with Gasteiger partial charge in [-0.1, -0.05) is 18.7 Å². The number of aromatic nitrogens is 1. The Morgan fingerprint density at radius 3 is 2.84 bits per heavy atom. The molecule has 1 heterocycles. The average molecular weight is 302 g/mol. The summed E-state index contributed by atoms with van der Waals surface area (Å²) in [5.41, 5.74) is 0.364. The van der Waals surface area contributed by atoms with Crippen LogP contribution in [0.1, 0.15) is 32.9 Å². The van der Waals surface area contributed by atoms with E-state index in [0.29, 0.717) is 12.4 Å². The van der Waals surface area contributed by atoms with Gasteiger partial charge in [-0.05, 0) is 33.7 Å². The maximum absolute atomic E-state index is 12.1. The van der Waals surface area contributed by atoms with Crippen LogP contribution in [0.15, 0.2) is 9.72 Å². The zero-order chi connectivity index (χ0) is 14.3. The third-order valence-electron chi connectivity index (χ3n) is 2.57. The minimum atomic E-state index is -0.656. The number of hydrogen-bond acceptors (Lipinski definition) is 6. The Balaban J connectivity index is 2.65. The summed E-state index contributed by atoms with van der Waals surface area (Å²) in [5.74, 6) is 0.433. The first-order valence-corrected chi connectivity index (χ1v) is 8.35. The molecule has 6 heteroatoms. The van der Waals surface area contributed by atoms with E-state index in [2.05, 4.69) is 17.2 Å². The lowest BCUT2D eigenvalue weighted by atomic mass is 10.1. The van der Waals surface area contributed by atoms with Crippen molar-refractivity contribution in [1.29, 1.82) is 0 Å². The van der Waals surface area contributed by atoms with Crippen LogP contribution >= 0.6 is 23.1 Å². The number of hydrogen-bond donors (Lipinski definition) is 1. The fourth-order valence-electron chi connectivity index (χ4n) is 1.48. The third kappa shape index (κ3) is 5.12. The zero-order valence-corrected chi connectivity index (χ0v) is 13.6. The fourth-order valence-corrected chi connectivity index (χ4v) is 3.43. The van der Waals surface area contributed by atoms with Crippen LogP contribution in [0.5, 0.6) is 0 Å². The molecule has 0 bridgehead atoms. The Bertz CT molecular complexity index is 409. The van der Waals surface area contributed by atoms with Gasteiger partial charge in [-0.2, -0.15) is 0 Å². The molecule has 0 radical (unpaired) electrons. The van der Waals surface area contributed by atoms with Crippen molar-refractivity contribution < 1.29 is 9.53 Å². The van der Waals surface area contributed by atoms with E-state index in [1.807, 2.05) is 26.2 Å². The monoisotopic (exact) mass is 302 g/mol. The summed E-state index contributed by atoms with van der Waals surface area (Å²) in [5, 5.41) is 5.31. The number of ether oxygens (including phenoxy) is 1. The molecule has 0 fully saturated rings. The van der Waals surface area contributed by atoms with Gasteiger partial charge in [0, 0.05) is 16.8 Å². The van der Waals surface area contributed by atoms with E-state index in [4.69, 9.17) is 4.74 Å². The Labute approximate surface area is 123 Å². The van der Waals surface area contributed by atoms with Gasteiger partial charge in [0.15, 0.2) is 0 Å². The van der Waals surface area contributed by atoms with Gasteiger partial charge >= 0.3 is 5.97 Å². The lowest BCUT2D eigenvalue weighted by Gasteiger charge is -2.27. The summed E-state index contributed by atoms with van der Waals surface area (Å²) in [6.45, 7) is 8.98. The number of carbonyl (C=O) groups excluding carboxylic acids is 1. The number of nitrogens with one attached hydrogen (secondary N) is 1. The van der Waals surface area contributed by atoms with Crippen LogP contribution in [-0.4, -0.2) is 35.4 Å². The molecule has 0 saturated carbocycles. The van der Waals surface area contributed by atoms with Crippen LogP contribution in [0.25, 0.3) is 0 Å². The molecule has 1 N–H and O–H groups in total. The quantitative estimate of drug-likeness (QED) is 0.591. The summed E-state index contributed by atoms with van der Waals surface area (Å²) in [6.07, 6.45) is 0.982. The van der Waals surface area contributed by atoms with Crippen molar-refractivity contribution in [3.05, 3.63) is 11.1 Å². The number of aryl methyl sites for hydroxylation is 1. The SMILES string of the molecule is CCCNC(C)(CSc1nc(C)cs1)C(=O)OCC. The van der Waals surface area contributed by atoms with E-state index in [1.165, 1.54) is 0 Å². The minimum absolute atomic E-state index is 0.191. The van der Waals surface area contributed by atoms with Gasteiger partial charge in [0.05, 0.1) is 6.61 Å². The average Bonchev–Trinajstić information content (AvgIpc) is 2.80. The van der Waals surface area contributed by atoms with Crippen LogP contribution in [0, 0.1) is 6.92 Å². The molecule has 1 atom stereocenters. The van der Waals surface area contributed by atoms with E-state index in [1.54, 1.807) is 23.1 Å². The van der Waals surface area contributed by atoms with Crippen molar-refractivity contribution in [3.8, 4) is 0 Å². The number of esters is 1. The van der Waals surface area contributed by atoms with Crippen LogP contribution in [-0.2, 0) is 9.53 Å². The summed E-state index contributed by atoms with van der Waals surface area (Å²) in [6, 6.07) is 0. The minimum Gasteiger partial charge on any atom is -0.465 e. The predicted molar refractivity (Wildman–Crippen MR) is 80.9 cm³/mol. The molecule has 108 valence electrons. The lowest BCUT2D eigenvalue weighted by molar-refractivity contribution is -0.149. The summed E-state index contributed by atoms with van der Waals surface area (Å²) < 4.78 is 6.16. The van der Waals surface area contributed by atoms with E-state index < -0.39 is 5.54 Å². The molecule has 0 aliphatic carbocycles. The van der Waals surface area contributed by atoms with Crippen molar-refractivity contribution in [3.63, 3.8) is 0 Å². The number of nitrogens with zero attached hydrogens (tertiary/aromatic N) is 1. The van der Waals surface area contributed by atoms with Crippen LogP contribution in [0.3, 0.4) is 0 Å². The highest BCUT2D eigenvalue weighted by atomic mass is 32.2. The van der Waals surface area contributed by atoms with Gasteiger partial charge in [-0.3, -0.25) is 4.79 Å². The van der Waals surface area contributed by atoms with Crippen LogP contribution < -0.4 is 5.32 Å². The van der Waals surface area contributed by atoms with E-state index in [0.717, 1.165) is 23.0 Å². The van der Waals surface area contributed by atoms with Crippen molar-refractivity contribution >= 4 is 29.1 Å². The van der Waals surface area contributed by atoms with Crippen molar-refractivity contribution in [2.24, 2.45) is 0 Å². The predicted octanol–water partition coefficient (Wildman–Crippen LogP) is 2.87. The third-order valence-corrected chi connectivity index (χ3v) is 5.03.